The number of thiocarbonyl (C=S) groups is 1. The molecule has 0 aliphatic heterocycles. The highest BCUT2D eigenvalue weighted by Crippen LogP contribution is 2.14. The van der Waals surface area contributed by atoms with Gasteiger partial charge in [-0.15, -0.1) is 0 Å². The molecule has 0 spiro atoms. The molecule has 100 valence electrons. The minimum absolute atomic E-state index is 0.587. The van der Waals surface area contributed by atoms with Gasteiger partial charge in [0, 0.05) is 25.2 Å². The number of benzene rings is 1. The fourth-order valence-corrected chi connectivity index (χ4v) is 1.92. The molecule has 0 aliphatic rings. The molecule has 1 rings (SSSR count). The Morgan fingerprint density at radius 3 is 2.33 bits per heavy atom. The molecule has 0 fully saturated rings. The Labute approximate surface area is 116 Å². The van der Waals surface area contributed by atoms with Gasteiger partial charge in [-0.1, -0.05) is 30.4 Å². The Kier molecular flexibility index (Phi) is 6.68. The highest BCUT2D eigenvalue weighted by molar-refractivity contribution is 7.80. The van der Waals surface area contributed by atoms with Gasteiger partial charge in [0.15, 0.2) is 0 Å². The molecule has 0 bridgehead atoms. The first-order valence-electron chi connectivity index (χ1n) is 6.32. The Morgan fingerprint density at radius 1 is 1.11 bits per heavy atom. The van der Waals surface area contributed by atoms with Crippen molar-refractivity contribution in [1.82, 2.24) is 4.90 Å². The molecule has 0 aliphatic carbocycles. The normalized spacial score (nSPS) is 10.6. The number of rotatable bonds is 8. The van der Waals surface area contributed by atoms with Gasteiger partial charge in [-0.25, -0.2) is 0 Å². The summed E-state index contributed by atoms with van der Waals surface area (Å²) in [5, 5.41) is 0. The zero-order valence-electron chi connectivity index (χ0n) is 11.3. The molecule has 18 heavy (non-hydrogen) atoms. The van der Waals surface area contributed by atoms with Crippen LogP contribution in [0.4, 0.5) is 5.69 Å². The topological polar surface area (TPSA) is 32.5 Å². The summed E-state index contributed by atoms with van der Waals surface area (Å²) in [6, 6.07) is 10.4. The molecular weight excluding hydrogens is 242 g/mol. The Bertz CT molecular complexity index is 351. The highest BCUT2D eigenvalue weighted by Gasteiger charge is 2.06. The summed E-state index contributed by atoms with van der Waals surface area (Å²) in [5.41, 5.74) is 6.84. The molecule has 0 saturated carbocycles. The van der Waals surface area contributed by atoms with Crippen LogP contribution in [-0.4, -0.2) is 43.6 Å². The first-order valence-corrected chi connectivity index (χ1v) is 6.73. The van der Waals surface area contributed by atoms with Gasteiger partial charge in [-0.2, -0.15) is 0 Å². The van der Waals surface area contributed by atoms with E-state index in [1.54, 1.807) is 0 Å². The van der Waals surface area contributed by atoms with Crippen molar-refractivity contribution in [3.63, 3.8) is 0 Å². The monoisotopic (exact) mass is 265 g/mol. The maximum Gasteiger partial charge on any atom is 0.0745 e. The number of anilines is 1. The number of nitrogens with two attached hydrogens (primary N) is 1. The van der Waals surface area contributed by atoms with Gasteiger partial charge in [0.05, 0.1) is 4.99 Å². The van der Waals surface area contributed by atoms with Crippen LogP contribution in [0, 0.1) is 0 Å². The lowest BCUT2D eigenvalue weighted by Gasteiger charge is -2.25. The zero-order valence-corrected chi connectivity index (χ0v) is 12.1. The summed E-state index contributed by atoms with van der Waals surface area (Å²) in [5.74, 6) is 0. The Balaban J connectivity index is 2.55. The predicted octanol–water partition coefficient (Wildman–Crippen LogP) is 2.12. The van der Waals surface area contributed by atoms with Crippen LogP contribution in [0.2, 0.25) is 0 Å². The molecule has 0 amide bonds. The molecule has 0 aromatic heterocycles. The van der Waals surface area contributed by atoms with E-state index in [1.165, 1.54) is 5.69 Å². The largest absolute Gasteiger partial charge is 0.393 e. The molecular formula is C14H23N3S. The molecule has 0 radical (unpaired) electrons. The lowest BCUT2D eigenvalue weighted by atomic mass is 10.2. The minimum atomic E-state index is 0.587. The van der Waals surface area contributed by atoms with E-state index >= 15 is 0 Å². The van der Waals surface area contributed by atoms with Crippen LogP contribution in [0.25, 0.3) is 0 Å². The maximum atomic E-state index is 5.59. The van der Waals surface area contributed by atoms with E-state index in [0.717, 1.165) is 32.5 Å². The average molecular weight is 265 g/mol. The lowest BCUT2D eigenvalue weighted by Crippen LogP contribution is -2.30. The van der Waals surface area contributed by atoms with E-state index in [9.17, 15) is 0 Å². The minimum Gasteiger partial charge on any atom is -0.393 e. The molecule has 1 aromatic rings. The van der Waals surface area contributed by atoms with Crippen LogP contribution in [0.3, 0.4) is 0 Å². The Morgan fingerprint density at radius 2 is 1.78 bits per heavy atom. The van der Waals surface area contributed by atoms with Crippen molar-refractivity contribution < 1.29 is 0 Å². The third-order valence-corrected chi connectivity index (χ3v) is 2.99. The summed E-state index contributed by atoms with van der Waals surface area (Å²) in [6.45, 7) is 3.02. The van der Waals surface area contributed by atoms with Crippen LogP contribution in [0.5, 0.6) is 0 Å². The zero-order chi connectivity index (χ0) is 13.4. The Hall–Kier alpha value is -1.13. The third-order valence-electron chi connectivity index (χ3n) is 2.78. The van der Waals surface area contributed by atoms with Crippen molar-refractivity contribution in [1.29, 1.82) is 0 Å². The van der Waals surface area contributed by atoms with Gasteiger partial charge in [0.2, 0.25) is 0 Å². The van der Waals surface area contributed by atoms with Gasteiger partial charge >= 0.3 is 0 Å². The van der Waals surface area contributed by atoms with Crippen LogP contribution in [0.15, 0.2) is 30.3 Å². The van der Waals surface area contributed by atoms with Gasteiger partial charge in [-0.05, 0) is 39.2 Å². The lowest BCUT2D eigenvalue weighted by molar-refractivity contribution is 0.400. The fraction of sp³-hybridized carbons (Fsp3) is 0.500. The van der Waals surface area contributed by atoms with Crippen LogP contribution < -0.4 is 10.6 Å². The standard InChI is InChI=1S/C14H23N3S/c1-16(2)10-6-11-17(12-9-14(15)18)13-7-4-3-5-8-13/h3-5,7-8H,6,9-12H2,1-2H3,(H2,15,18). The average Bonchev–Trinajstić information content (AvgIpc) is 2.34. The summed E-state index contributed by atoms with van der Waals surface area (Å²) >= 11 is 4.96. The van der Waals surface area contributed by atoms with E-state index < -0.39 is 0 Å². The van der Waals surface area contributed by atoms with Crippen molar-refractivity contribution >= 4 is 22.9 Å². The summed E-state index contributed by atoms with van der Waals surface area (Å²) in [6.07, 6.45) is 1.91. The second kappa shape index (κ2) is 8.06. The van der Waals surface area contributed by atoms with E-state index in [1.807, 2.05) is 6.07 Å². The molecule has 0 heterocycles. The fourth-order valence-electron chi connectivity index (χ4n) is 1.83. The van der Waals surface area contributed by atoms with E-state index in [4.69, 9.17) is 18.0 Å². The third kappa shape index (κ3) is 5.98. The first-order chi connectivity index (χ1) is 8.59. The predicted molar refractivity (Wildman–Crippen MR) is 83.2 cm³/mol. The molecule has 0 atom stereocenters. The second-order valence-corrected chi connectivity index (χ2v) is 5.22. The SMILES string of the molecule is CN(C)CCCN(CCC(N)=S)c1ccccc1. The number of hydrogen-bond acceptors (Lipinski definition) is 3. The van der Waals surface area contributed by atoms with Crippen LogP contribution >= 0.6 is 12.2 Å². The maximum absolute atomic E-state index is 5.59. The summed E-state index contributed by atoms with van der Waals surface area (Å²) in [4.78, 5) is 5.14. The number of nitrogens with zero attached hydrogens (tertiary/aromatic N) is 2. The highest BCUT2D eigenvalue weighted by atomic mass is 32.1. The number of para-hydroxylation sites is 1. The second-order valence-electron chi connectivity index (χ2n) is 4.70. The molecule has 0 unspecified atom stereocenters. The van der Waals surface area contributed by atoms with Gasteiger partial charge in [-0.3, -0.25) is 0 Å². The molecule has 0 saturated heterocycles. The van der Waals surface area contributed by atoms with Crippen molar-refractivity contribution in [3.05, 3.63) is 30.3 Å². The van der Waals surface area contributed by atoms with Crippen molar-refractivity contribution in [2.45, 2.75) is 12.8 Å². The quantitative estimate of drug-likeness (QED) is 0.730. The molecule has 4 heteroatoms. The van der Waals surface area contributed by atoms with Crippen molar-refractivity contribution in [3.8, 4) is 0 Å². The van der Waals surface area contributed by atoms with Gasteiger partial charge < -0.3 is 15.5 Å². The van der Waals surface area contributed by atoms with Crippen molar-refractivity contribution in [2.24, 2.45) is 5.73 Å². The van der Waals surface area contributed by atoms with Crippen molar-refractivity contribution in [2.75, 3.05) is 38.6 Å². The summed E-state index contributed by atoms with van der Waals surface area (Å²) in [7, 11) is 4.20. The number of hydrogen-bond donors (Lipinski definition) is 1. The van der Waals surface area contributed by atoms with Gasteiger partial charge in [0.1, 0.15) is 0 Å². The van der Waals surface area contributed by atoms with Crippen LogP contribution in [0.1, 0.15) is 12.8 Å². The van der Waals surface area contributed by atoms with Crippen LogP contribution in [-0.2, 0) is 0 Å². The summed E-state index contributed by atoms with van der Waals surface area (Å²) < 4.78 is 0. The molecule has 1 aromatic carbocycles. The smallest absolute Gasteiger partial charge is 0.0745 e. The first kappa shape index (κ1) is 14.9. The van der Waals surface area contributed by atoms with E-state index in [0.29, 0.717) is 4.99 Å². The van der Waals surface area contributed by atoms with Gasteiger partial charge in [0.25, 0.3) is 0 Å². The van der Waals surface area contributed by atoms with E-state index in [2.05, 4.69) is 48.2 Å². The molecule has 3 nitrogen and oxygen atoms in total. The van der Waals surface area contributed by atoms with E-state index in [-0.39, 0.29) is 0 Å². The molecule has 2 N–H and O–H groups in total.